The van der Waals surface area contributed by atoms with Crippen molar-refractivity contribution in [3.8, 4) is 0 Å². The van der Waals surface area contributed by atoms with E-state index < -0.39 is 0 Å². The van der Waals surface area contributed by atoms with E-state index in [4.69, 9.17) is 4.74 Å². The third-order valence-electron chi connectivity index (χ3n) is 3.15. The molecule has 0 aromatic heterocycles. The first-order valence-corrected chi connectivity index (χ1v) is 7.67. The Hall–Kier alpha value is -1.57. The second-order valence-corrected chi connectivity index (χ2v) is 4.90. The van der Waals surface area contributed by atoms with Crippen molar-refractivity contribution < 1.29 is 9.53 Å². The predicted molar refractivity (Wildman–Crippen MR) is 83.6 cm³/mol. The Kier molecular flexibility index (Phi) is 9.29. The summed E-state index contributed by atoms with van der Waals surface area (Å²) in [7, 11) is 0. The van der Waals surface area contributed by atoms with Crippen LogP contribution in [0.1, 0.15) is 51.0 Å². The molecule has 20 heavy (non-hydrogen) atoms. The van der Waals surface area contributed by atoms with Gasteiger partial charge in [0.1, 0.15) is 0 Å². The number of carbonyl (C=O) groups excluding carboxylic acids is 1. The molecule has 110 valence electrons. The van der Waals surface area contributed by atoms with Crippen LogP contribution in [0.4, 0.5) is 0 Å². The molecule has 1 aromatic carbocycles. The standard InChI is InChI=1S/C18H26O2/c1-2-20-18(19)16-12-7-5-3-4-6-9-13-17-14-10-8-11-15-17/h3-4,8,10-11,14-15H,2,5-7,9,12-13,16H2,1H3. The van der Waals surface area contributed by atoms with E-state index in [1.807, 2.05) is 6.92 Å². The Morgan fingerprint density at radius 1 is 1.05 bits per heavy atom. The monoisotopic (exact) mass is 274 g/mol. The van der Waals surface area contributed by atoms with Crippen molar-refractivity contribution in [2.45, 2.75) is 51.9 Å². The molecule has 0 saturated heterocycles. The van der Waals surface area contributed by atoms with E-state index >= 15 is 0 Å². The first-order valence-electron chi connectivity index (χ1n) is 7.67. The minimum absolute atomic E-state index is 0.0701. The summed E-state index contributed by atoms with van der Waals surface area (Å²) in [5.74, 6) is -0.0701. The zero-order chi connectivity index (χ0) is 14.5. The van der Waals surface area contributed by atoms with Crippen molar-refractivity contribution in [1.82, 2.24) is 0 Å². The second kappa shape index (κ2) is 11.3. The van der Waals surface area contributed by atoms with Gasteiger partial charge in [0.2, 0.25) is 0 Å². The lowest BCUT2D eigenvalue weighted by atomic mass is 10.1. The number of ether oxygens (including phenoxy) is 1. The fourth-order valence-corrected chi connectivity index (χ4v) is 2.07. The molecule has 0 aliphatic heterocycles. The van der Waals surface area contributed by atoms with Crippen LogP contribution >= 0.6 is 0 Å². The maximum atomic E-state index is 11.1. The Labute approximate surface area is 122 Å². The molecule has 0 bridgehead atoms. The molecule has 0 atom stereocenters. The minimum atomic E-state index is -0.0701. The number of unbranched alkanes of at least 4 members (excludes halogenated alkanes) is 3. The molecule has 0 saturated carbocycles. The molecule has 0 aliphatic rings. The topological polar surface area (TPSA) is 26.3 Å². The lowest BCUT2D eigenvalue weighted by Gasteiger charge is -2.00. The van der Waals surface area contributed by atoms with Crippen molar-refractivity contribution >= 4 is 5.97 Å². The van der Waals surface area contributed by atoms with Crippen LogP contribution in [0.3, 0.4) is 0 Å². The summed E-state index contributed by atoms with van der Waals surface area (Å²) in [6, 6.07) is 10.6. The van der Waals surface area contributed by atoms with Crippen molar-refractivity contribution in [3.63, 3.8) is 0 Å². The fraction of sp³-hybridized carbons (Fsp3) is 0.500. The Morgan fingerprint density at radius 3 is 2.45 bits per heavy atom. The van der Waals surface area contributed by atoms with Gasteiger partial charge in [0.05, 0.1) is 6.61 Å². The van der Waals surface area contributed by atoms with Gasteiger partial charge >= 0.3 is 5.97 Å². The van der Waals surface area contributed by atoms with E-state index in [-0.39, 0.29) is 5.97 Å². The van der Waals surface area contributed by atoms with Gasteiger partial charge in [-0.25, -0.2) is 0 Å². The summed E-state index contributed by atoms with van der Waals surface area (Å²) in [6.07, 6.45) is 11.6. The summed E-state index contributed by atoms with van der Waals surface area (Å²) in [5.41, 5.74) is 1.41. The number of hydrogen-bond acceptors (Lipinski definition) is 2. The first kappa shape index (κ1) is 16.5. The number of carbonyl (C=O) groups is 1. The lowest BCUT2D eigenvalue weighted by molar-refractivity contribution is -0.143. The normalized spacial score (nSPS) is 10.8. The van der Waals surface area contributed by atoms with E-state index in [0.717, 1.165) is 32.1 Å². The van der Waals surface area contributed by atoms with Crippen LogP contribution in [0, 0.1) is 0 Å². The predicted octanol–water partition coefficient (Wildman–Crippen LogP) is 4.69. The highest BCUT2D eigenvalue weighted by Crippen LogP contribution is 2.06. The van der Waals surface area contributed by atoms with Crippen molar-refractivity contribution in [3.05, 3.63) is 48.0 Å². The van der Waals surface area contributed by atoms with Gasteiger partial charge in [0.15, 0.2) is 0 Å². The molecule has 0 N–H and O–H groups in total. The third kappa shape index (κ3) is 8.52. The van der Waals surface area contributed by atoms with Crippen LogP contribution in [0.25, 0.3) is 0 Å². The Morgan fingerprint density at radius 2 is 1.75 bits per heavy atom. The maximum absolute atomic E-state index is 11.1. The van der Waals surface area contributed by atoms with Crippen LogP contribution in [-0.4, -0.2) is 12.6 Å². The van der Waals surface area contributed by atoms with E-state index in [9.17, 15) is 4.79 Å². The number of benzene rings is 1. The van der Waals surface area contributed by atoms with E-state index in [2.05, 4.69) is 42.5 Å². The van der Waals surface area contributed by atoms with Crippen molar-refractivity contribution in [2.75, 3.05) is 6.61 Å². The van der Waals surface area contributed by atoms with Gasteiger partial charge < -0.3 is 4.74 Å². The van der Waals surface area contributed by atoms with Gasteiger partial charge in [-0.3, -0.25) is 4.79 Å². The van der Waals surface area contributed by atoms with E-state index in [1.54, 1.807) is 0 Å². The minimum Gasteiger partial charge on any atom is -0.466 e. The molecule has 0 fully saturated rings. The van der Waals surface area contributed by atoms with Crippen LogP contribution in [0.5, 0.6) is 0 Å². The summed E-state index contributed by atoms with van der Waals surface area (Å²) in [6.45, 7) is 2.33. The molecule has 0 aliphatic carbocycles. The lowest BCUT2D eigenvalue weighted by Crippen LogP contribution is -2.02. The molecule has 0 heterocycles. The zero-order valence-corrected chi connectivity index (χ0v) is 12.5. The average Bonchev–Trinajstić information content (AvgIpc) is 2.47. The molecule has 0 amide bonds. The Balaban J connectivity index is 1.93. The van der Waals surface area contributed by atoms with Crippen LogP contribution in [-0.2, 0) is 16.0 Å². The molecular weight excluding hydrogens is 248 g/mol. The SMILES string of the molecule is CCOC(=O)CCCCC=CCCCc1ccccc1. The molecule has 2 nitrogen and oxygen atoms in total. The number of esters is 1. The van der Waals surface area contributed by atoms with Gasteiger partial charge in [-0.05, 0) is 51.0 Å². The smallest absolute Gasteiger partial charge is 0.305 e. The summed E-state index contributed by atoms with van der Waals surface area (Å²) in [4.78, 5) is 11.1. The van der Waals surface area contributed by atoms with Gasteiger partial charge in [-0.1, -0.05) is 42.5 Å². The zero-order valence-electron chi connectivity index (χ0n) is 12.5. The number of aryl methyl sites for hydroxylation is 1. The van der Waals surface area contributed by atoms with Crippen LogP contribution < -0.4 is 0 Å². The molecule has 1 rings (SSSR count). The number of rotatable bonds is 10. The van der Waals surface area contributed by atoms with E-state index in [0.29, 0.717) is 13.0 Å². The second-order valence-electron chi connectivity index (χ2n) is 4.90. The van der Waals surface area contributed by atoms with Gasteiger partial charge in [-0.2, -0.15) is 0 Å². The highest BCUT2D eigenvalue weighted by Gasteiger charge is 1.99. The maximum Gasteiger partial charge on any atom is 0.305 e. The quantitative estimate of drug-likeness (QED) is 0.351. The van der Waals surface area contributed by atoms with Crippen molar-refractivity contribution in [2.24, 2.45) is 0 Å². The first-order chi connectivity index (χ1) is 9.83. The summed E-state index contributed by atoms with van der Waals surface area (Å²) in [5, 5.41) is 0. The van der Waals surface area contributed by atoms with Gasteiger partial charge in [0.25, 0.3) is 0 Å². The molecule has 0 unspecified atom stereocenters. The number of allylic oxidation sites excluding steroid dienone is 2. The van der Waals surface area contributed by atoms with Crippen LogP contribution in [0.15, 0.2) is 42.5 Å². The largest absolute Gasteiger partial charge is 0.466 e. The number of hydrogen-bond donors (Lipinski definition) is 0. The highest BCUT2D eigenvalue weighted by atomic mass is 16.5. The van der Waals surface area contributed by atoms with Gasteiger partial charge in [-0.15, -0.1) is 0 Å². The molecular formula is C18H26O2. The van der Waals surface area contributed by atoms with E-state index in [1.165, 1.54) is 12.0 Å². The summed E-state index contributed by atoms with van der Waals surface area (Å²) < 4.78 is 4.89. The molecule has 0 radical (unpaired) electrons. The molecule has 0 spiro atoms. The van der Waals surface area contributed by atoms with Crippen LogP contribution in [0.2, 0.25) is 0 Å². The van der Waals surface area contributed by atoms with Crippen molar-refractivity contribution in [1.29, 1.82) is 0 Å². The third-order valence-corrected chi connectivity index (χ3v) is 3.15. The fourth-order valence-electron chi connectivity index (χ4n) is 2.07. The average molecular weight is 274 g/mol. The summed E-state index contributed by atoms with van der Waals surface area (Å²) >= 11 is 0. The molecule has 2 heteroatoms. The Bertz CT molecular complexity index is 382. The van der Waals surface area contributed by atoms with Gasteiger partial charge in [0, 0.05) is 6.42 Å². The molecule has 1 aromatic rings. The highest BCUT2D eigenvalue weighted by molar-refractivity contribution is 5.69.